The van der Waals surface area contributed by atoms with E-state index in [2.05, 4.69) is 109 Å². The van der Waals surface area contributed by atoms with Crippen LogP contribution >= 0.6 is 84.4 Å². The molecule has 0 N–H and O–H groups in total. The van der Waals surface area contributed by atoms with Gasteiger partial charge >= 0.3 is 0 Å². The second-order valence-corrected chi connectivity index (χ2v) is 20.4. The van der Waals surface area contributed by atoms with Gasteiger partial charge in [-0.15, -0.1) is 0 Å². The molecule has 4 aromatic rings. The van der Waals surface area contributed by atoms with Gasteiger partial charge in [0, 0.05) is 45.2 Å². The van der Waals surface area contributed by atoms with Crippen molar-refractivity contribution in [3.63, 3.8) is 0 Å². The molecule has 6 rings (SSSR count). The molecule has 2 aliphatic heterocycles. The van der Waals surface area contributed by atoms with Gasteiger partial charge in [0.15, 0.2) is 0 Å². The van der Waals surface area contributed by atoms with Gasteiger partial charge in [0.05, 0.1) is 22.7 Å². The summed E-state index contributed by atoms with van der Waals surface area (Å²) in [5.74, 6) is 2.03. The Morgan fingerprint density at radius 2 is 0.921 bits per heavy atom. The Balaban J connectivity index is 0.917. The standard InChI is InChI=1S/C28H24N2S8/c1-29-21-7-3-5-9-25(21)33-27-15-19(11-13-23(27)29)17-31-35-37-38-36-32-18-20-12-14-24-28(16-20)34-26-10-6-4-8-22(26)30(24)2/h3-16H,17-18H2,1-2H3. The molecule has 0 amide bonds. The van der Waals surface area contributed by atoms with Gasteiger partial charge in [-0.25, -0.2) is 0 Å². The molecular weight excluding hydrogens is 621 g/mol. The van der Waals surface area contributed by atoms with Crippen molar-refractivity contribution in [2.24, 2.45) is 0 Å². The monoisotopic (exact) mass is 644 g/mol. The van der Waals surface area contributed by atoms with Crippen LogP contribution in [0.2, 0.25) is 0 Å². The summed E-state index contributed by atoms with van der Waals surface area (Å²) in [6.45, 7) is 0. The molecule has 38 heavy (non-hydrogen) atoms. The minimum atomic E-state index is 1.01. The van der Waals surface area contributed by atoms with Crippen molar-refractivity contribution in [1.82, 2.24) is 0 Å². The molecule has 10 heteroatoms. The largest absolute Gasteiger partial charge is 0.343 e. The van der Waals surface area contributed by atoms with Gasteiger partial charge in [0.1, 0.15) is 0 Å². The molecule has 0 radical (unpaired) electrons. The van der Waals surface area contributed by atoms with Crippen molar-refractivity contribution < 1.29 is 0 Å². The SMILES string of the molecule is CN1c2ccccc2Sc2cc(CSSSSSSCc3ccc4c(c3)Sc3ccccc3N4C)ccc21. The highest BCUT2D eigenvalue weighted by Gasteiger charge is 2.21. The number of anilines is 4. The highest BCUT2D eigenvalue weighted by Crippen LogP contribution is 2.54. The second kappa shape index (κ2) is 12.9. The second-order valence-electron chi connectivity index (χ2n) is 8.66. The highest BCUT2D eigenvalue weighted by atomic mass is 33.9. The van der Waals surface area contributed by atoms with Crippen molar-refractivity contribution in [3.05, 3.63) is 96.1 Å². The fourth-order valence-electron chi connectivity index (χ4n) is 4.40. The average molecular weight is 645 g/mol. The van der Waals surface area contributed by atoms with Gasteiger partial charge in [0.25, 0.3) is 0 Å². The fraction of sp³-hybridized carbons (Fsp3) is 0.143. The Morgan fingerprint density at radius 3 is 1.39 bits per heavy atom. The van der Waals surface area contributed by atoms with E-state index in [1.165, 1.54) is 53.5 Å². The van der Waals surface area contributed by atoms with Crippen LogP contribution in [0, 0.1) is 0 Å². The van der Waals surface area contributed by atoms with Crippen molar-refractivity contribution >= 4 is 107 Å². The molecule has 0 saturated heterocycles. The summed E-state index contributed by atoms with van der Waals surface area (Å²) in [5.41, 5.74) is 7.93. The van der Waals surface area contributed by atoms with Crippen LogP contribution < -0.4 is 9.80 Å². The van der Waals surface area contributed by atoms with E-state index in [-0.39, 0.29) is 0 Å². The Kier molecular flexibility index (Phi) is 9.28. The lowest BCUT2D eigenvalue weighted by atomic mass is 10.2. The molecule has 2 nitrogen and oxygen atoms in total. The lowest BCUT2D eigenvalue weighted by Crippen LogP contribution is -2.14. The molecule has 0 atom stereocenters. The summed E-state index contributed by atoms with van der Waals surface area (Å²) in [7, 11) is 15.6. The van der Waals surface area contributed by atoms with Crippen LogP contribution in [0.5, 0.6) is 0 Å². The van der Waals surface area contributed by atoms with E-state index in [1.54, 1.807) is 0 Å². The summed E-state index contributed by atoms with van der Waals surface area (Å²) < 4.78 is 0. The van der Waals surface area contributed by atoms with Gasteiger partial charge < -0.3 is 9.80 Å². The Hall–Kier alpha value is -0.720. The molecule has 0 bridgehead atoms. The Labute approximate surface area is 256 Å². The van der Waals surface area contributed by atoms with Crippen molar-refractivity contribution in [3.8, 4) is 0 Å². The van der Waals surface area contributed by atoms with Crippen LogP contribution in [0.3, 0.4) is 0 Å². The average Bonchev–Trinajstić information content (AvgIpc) is 2.94. The summed E-state index contributed by atoms with van der Waals surface area (Å²) >= 11 is 3.76. The van der Waals surface area contributed by atoms with E-state index in [9.17, 15) is 0 Å². The molecule has 194 valence electrons. The molecule has 0 aliphatic carbocycles. The third-order valence-corrected chi connectivity index (χ3v) is 19.3. The van der Waals surface area contributed by atoms with Crippen molar-refractivity contribution in [2.45, 2.75) is 31.1 Å². The quantitative estimate of drug-likeness (QED) is 0.128. The van der Waals surface area contributed by atoms with Crippen molar-refractivity contribution in [2.75, 3.05) is 23.9 Å². The molecular formula is C28H24N2S8. The number of fused-ring (bicyclic) bond motifs is 4. The first kappa shape index (κ1) is 27.4. The van der Waals surface area contributed by atoms with Crippen LogP contribution in [0.15, 0.2) is 105 Å². The Bertz CT molecular complexity index is 1340. The van der Waals surface area contributed by atoms with Crippen LogP contribution in [0.4, 0.5) is 22.7 Å². The summed E-state index contributed by atoms with van der Waals surface area (Å²) in [5, 5.41) is 0. The first-order chi connectivity index (χ1) is 18.7. The van der Waals surface area contributed by atoms with Gasteiger partial charge in [-0.05, 0) is 99.0 Å². The maximum Gasteiger partial charge on any atom is 0.0550 e. The number of rotatable bonds is 9. The zero-order valence-corrected chi connectivity index (χ0v) is 27.2. The van der Waals surface area contributed by atoms with Crippen LogP contribution in [-0.2, 0) is 11.5 Å². The maximum atomic E-state index is 2.36. The number of hydrogen-bond acceptors (Lipinski definition) is 10. The van der Waals surface area contributed by atoms with E-state index >= 15 is 0 Å². The van der Waals surface area contributed by atoms with Gasteiger partial charge in [0.2, 0.25) is 0 Å². The lowest BCUT2D eigenvalue weighted by molar-refractivity contribution is 1.10. The zero-order chi connectivity index (χ0) is 25.9. The molecule has 4 aromatic carbocycles. The van der Waals surface area contributed by atoms with Gasteiger partial charge in [-0.1, -0.05) is 81.5 Å². The first-order valence-electron chi connectivity index (χ1n) is 11.9. The van der Waals surface area contributed by atoms with Crippen LogP contribution in [-0.4, -0.2) is 14.1 Å². The van der Waals surface area contributed by atoms with E-state index in [4.69, 9.17) is 0 Å². The normalized spacial score (nSPS) is 13.5. The molecule has 0 fully saturated rings. The third kappa shape index (κ3) is 6.12. The van der Waals surface area contributed by atoms with Gasteiger partial charge in [-0.2, -0.15) is 0 Å². The fourth-order valence-corrected chi connectivity index (χ4v) is 18.2. The highest BCUT2D eigenvalue weighted by molar-refractivity contribution is 9.41. The zero-order valence-electron chi connectivity index (χ0n) is 20.7. The molecule has 0 saturated carbocycles. The maximum absolute atomic E-state index is 2.36. The topological polar surface area (TPSA) is 6.48 Å². The van der Waals surface area contributed by atoms with Crippen LogP contribution in [0.1, 0.15) is 11.1 Å². The molecule has 0 spiro atoms. The summed E-state index contributed by atoms with van der Waals surface area (Å²) in [6, 6.07) is 31.1. The molecule has 0 unspecified atom stereocenters. The smallest absolute Gasteiger partial charge is 0.0550 e. The minimum absolute atomic E-state index is 1.01. The molecule has 2 heterocycles. The third-order valence-electron chi connectivity index (χ3n) is 6.29. The van der Waals surface area contributed by atoms with E-state index < -0.39 is 0 Å². The van der Waals surface area contributed by atoms with E-state index in [0.29, 0.717) is 0 Å². The summed E-state index contributed by atoms with van der Waals surface area (Å²) in [6.07, 6.45) is 0. The number of benzene rings is 4. The molecule has 0 aromatic heterocycles. The number of para-hydroxylation sites is 2. The Morgan fingerprint density at radius 1 is 0.500 bits per heavy atom. The predicted molar refractivity (Wildman–Crippen MR) is 183 cm³/mol. The van der Waals surface area contributed by atoms with Crippen molar-refractivity contribution in [1.29, 1.82) is 0 Å². The van der Waals surface area contributed by atoms with E-state index in [0.717, 1.165) is 11.5 Å². The first-order valence-corrected chi connectivity index (χ1v) is 21.3. The summed E-state index contributed by atoms with van der Waals surface area (Å²) in [4.78, 5) is 9.95. The van der Waals surface area contributed by atoms with Gasteiger partial charge in [-0.3, -0.25) is 0 Å². The number of nitrogens with zero attached hydrogens (tertiary/aromatic N) is 2. The number of hydrogen-bond donors (Lipinski definition) is 0. The lowest BCUT2D eigenvalue weighted by Gasteiger charge is -2.29. The minimum Gasteiger partial charge on any atom is -0.343 e. The molecule has 2 aliphatic rings. The van der Waals surface area contributed by atoms with Crippen LogP contribution in [0.25, 0.3) is 0 Å². The predicted octanol–water partition coefficient (Wildman–Crippen LogP) is 11.8. The van der Waals surface area contributed by atoms with E-state index in [1.807, 2.05) is 84.4 Å².